The number of aromatic nitrogens is 1. The summed E-state index contributed by atoms with van der Waals surface area (Å²) in [5.74, 6) is 0.901. The van der Waals surface area contributed by atoms with Crippen LogP contribution in [0.25, 0.3) is 10.9 Å². The van der Waals surface area contributed by atoms with Gasteiger partial charge in [-0.1, -0.05) is 6.07 Å². The minimum absolute atomic E-state index is 0.549. The van der Waals surface area contributed by atoms with Crippen molar-refractivity contribution in [3.05, 3.63) is 29.5 Å². The minimum Gasteiger partial charge on any atom is -0.495 e. The number of hydrogen-bond acceptors (Lipinski definition) is 2. The quantitative estimate of drug-likeness (QED) is 0.812. The Morgan fingerprint density at radius 1 is 1.40 bits per heavy atom. The lowest BCUT2D eigenvalue weighted by molar-refractivity contribution is 0.417. The largest absolute Gasteiger partial charge is 0.495 e. The van der Waals surface area contributed by atoms with Crippen molar-refractivity contribution in [2.75, 3.05) is 7.11 Å². The molecule has 3 nitrogen and oxygen atoms in total. The molecule has 0 saturated carbocycles. The highest BCUT2D eigenvalue weighted by Gasteiger charge is 2.10. The summed E-state index contributed by atoms with van der Waals surface area (Å²) in [5, 5.41) is 1.22. The van der Waals surface area contributed by atoms with E-state index in [2.05, 4.69) is 23.6 Å². The van der Waals surface area contributed by atoms with Crippen LogP contribution in [0.5, 0.6) is 5.75 Å². The third kappa shape index (κ3) is 1.39. The average Bonchev–Trinajstić information content (AvgIpc) is 2.58. The Morgan fingerprint density at radius 2 is 2.13 bits per heavy atom. The summed E-state index contributed by atoms with van der Waals surface area (Å²) in [6, 6.07) is 6.20. The van der Waals surface area contributed by atoms with E-state index in [4.69, 9.17) is 10.5 Å². The Labute approximate surface area is 89.4 Å². The normalized spacial score (nSPS) is 10.9. The predicted octanol–water partition coefficient (Wildman–Crippen LogP) is 1.95. The topological polar surface area (TPSA) is 40.2 Å². The first-order valence-corrected chi connectivity index (χ1v) is 5.01. The molecule has 0 fully saturated rings. The van der Waals surface area contributed by atoms with Crippen molar-refractivity contribution in [3.63, 3.8) is 0 Å². The molecule has 2 rings (SSSR count). The maximum absolute atomic E-state index is 5.69. The number of benzene rings is 1. The third-order valence-corrected chi connectivity index (χ3v) is 2.90. The van der Waals surface area contributed by atoms with Gasteiger partial charge in [-0.05, 0) is 24.6 Å². The van der Waals surface area contributed by atoms with Gasteiger partial charge in [0.15, 0.2) is 0 Å². The van der Waals surface area contributed by atoms with Gasteiger partial charge < -0.3 is 15.0 Å². The highest BCUT2D eigenvalue weighted by atomic mass is 16.5. The van der Waals surface area contributed by atoms with Crippen LogP contribution in [0.15, 0.2) is 18.2 Å². The van der Waals surface area contributed by atoms with E-state index in [1.165, 1.54) is 10.9 Å². The molecule has 3 heteroatoms. The number of methoxy groups -OCH3 is 1. The van der Waals surface area contributed by atoms with Crippen LogP contribution in [-0.2, 0) is 13.6 Å². The van der Waals surface area contributed by atoms with E-state index in [-0.39, 0.29) is 0 Å². The van der Waals surface area contributed by atoms with Crippen molar-refractivity contribution >= 4 is 10.9 Å². The molecule has 0 unspecified atom stereocenters. The Balaban J connectivity index is 2.85. The summed E-state index contributed by atoms with van der Waals surface area (Å²) in [6.45, 7) is 2.65. The molecule has 0 aliphatic heterocycles. The molecular formula is C12H16N2O. The number of nitrogens with two attached hydrogens (primary N) is 1. The zero-order chi connectivity index (χ0) is 11.0. The molecule has 0 bridgehead atoms. The maximum atomic E-state index is 5.69. The van der Waals surface area contributed by atoms with Gasteiger partial charge in [-0.3, -0.25) is 0 Å². The minimum atomic E-state index is 0.549. The number of hydrogen-bond donors (Lipinski definition) is 1. The van der Waals surface area contributed by atoms with Gasteiger partial charge in [0.1, 0.15) is 5.75 Å². The van der Waals surface area contributed by atoms with Crippen molar-refractivity contribution in [2.24, 2.45) is 12.8 Å². The van der Waals surface area contributed by atoms with Crippen LogP contribution in [0.4, 0.5) is 0 Å². The van der Waals surface area contributed by atoms with Crippen LogP contribution in [0.1, 0.15) is 11.3 Å². The van der Waals surface area contributed by atoms with Crippen molar-refractivity contribution < 1.29 is 4.74 Å². The lowest BCUT2D eigenvalue weighted by Crippen LogP contribution is -2.03. The first-order valence-electron chi connectivity index (χ1n) is 5.01. The van der Waals surface area contributed by atoms with Crippen molar-refractivity contribution in [2.45, 2.75) is 13.5 Å². The van der Waals surface area contributed by atoms with Gasteiger partial charge in [-0.25, -0.2) is 0 Å². The first-order chi connectivity index (χ1) is 7.19. The van der Waals surface area contributed by atoms with Gasteiger partial charge in [-0.2, -0.15) is 0 Å². The second kappa shape index (κ2) is 3.59. The maximum Gasteiger partial charge on any atom is 0.143 e. The summed E-state index contributed by atoms with van der Waals surface area (Å²) >= 11 is 0. The summed E-state index contributed by atoms with van der Waals surface area (Å²) in [6.07, 6.45) is 0. The molecule has 0 saturated heterocycles. The Morgan fingerprint density at radius 3 is 2.73 bits per heavy atom. The standard InChI is InChI=1S/C12H16N2O/c1-8-4-5-11(15-3)12-10(8)6-9(7-13)14(12)2/h4-6H,7,13H2,1-3H3. The molecule has 0 spiro atoms. The highest BCUT2D eigenvalue weighted by Crippen LogP contribution is 2.30. The summed E-state index contributed by atoms with van der Waals surface area (Å²) in [5.41, 5.74) is 9.19. The van der Waals surface area contributed by atoms with Gasteiger partial charge in [0.2, 0.25) is 0 Å². The van der Waals surface area contributed by atoms with E-state index in [0.29, 0.717) is 6.54 Å². The van der Waals surface area contributed by atoms with Crippen LogP contribution >= 0.6 is 0 Å². The van der Waals surface area contributed by atoms with Crippen LogP contribution in [0.3, 0.4) is 0 Å². The van der Waals surface area contributed by atoms with Gasteiger partial charge >= 0.3 is 0 Å². The van der Waals surface area contributed by atoms with Gasteiger partial charge in [0.25, 0.3) is 0 Å². The summed E-state index contributed by atoms with van der Waals surface area (Å²) in [4.78, 5) is 0. The fourth-order valence-corrected chi connectivity index (χ4v) is 1.98. The molecule has 2 N–H and O–H groups in total. The molecule has 0 amide bonds. The number of ether oxygens (including phenoxy) is 1. The van der Waals surface area contributed by atoms with E-state index in [9.17, 15) is 0 Å². The zero-order valence-electron chi connectivity index (χ0n) is 9.37. The van der Waals surface area contributed by atoms with Crippen molar-refractivity contribution in [1.82, 2.24) is 4.57 Å². The number of aryl methyl sites for hydroxylation is 2. The van der Waals surface area contributed by atoms with E-state index in [0.717, 1.165) is 17.0 Å². The molecule has 0 radical (unpaired) electrons. The summed E-state index contributed by atoms with van der Waals surface area (Å²) < 4.78 is 7.46. The van der Waals surface area contributed by atoms with Crippen LogP contribution in [0, 0.1) is 6.92 Å². The van der Waals surface area contributed by atoms with Gasteiger partial charge in [-0.15, -0.1) is 0 Å². The highest BCUT2D eigenvalue weighted by molar-refractivity contribution is 5.89. The van der Waals surface area contributed by atoms with Crippen LogP contribution in [0.2, 0.25) is 0 Å². The Hall–Kier alpha value is -1.48. The molecule has 80 valence electrons. The molecule has 0 atom stereocenters. The molecule has 1 aromatic carbocycles. The first kappa shape index (κ1) is 10.1. The van der Waals surface area contributed by atoms with Crippen LogP contribution < -0.4 is 10.5 Å². The molecule has 1 heterocycles. The van der Waals surface area contributed by atoms with E-state index in [1.54, 1.807) is 7.11 Å². The second-order valence-electron chi connectivity index (χ2n) is 3.75. The lowest BCUT2D eigenvalue weighted by Gasteiger charge is -2.07. The smallest absolute Gasteiger partial charge is 0.143 e. The van der Waals surface area contributed by atoms with E-state index >= 15 is 0 Å². The van der Waals surface area contributed by atoms with Gasteiger partial charge in [0.05, 0.1) is 12.6 Å². The molecule has 0 aliphatic rings. The molecule has 1 aromatic heterocycles. The van der Waals surface area contributed by atoms with E-state index in [1.807, 2.05) is 13.1 Å². The predicted molar refractivity (Wildman–Crippen MR) is 62.1 cm³/mol. The third-order valence-electron chi connectivity index (χ3n) is 2.90. The van der Waals surface area contributed by atoms with Crippen molar-refractivity contribution in [3.8, 4) is 5.75 Å². The average molecular weight is 204 g/mol. The zero-order valence-corrected chi connectivity index (χ0v) is 9.37. The Kier molecular flexibility index (Phi) is 2.40. The SMILES string of the molecule is COc1ccc(C)c2cc(CN)n(C)c12. The monoisotopic (exact) mass is 204 g/mol. The number of rotatable bonds is 2. The molecule has 15 heavy (non-hydrogen) atoms. The fraction of sp³-hybridized carbons (Fsp3) is 0.333. The summed E-state index contributed by atoms with van der Waals surface area (Å²) in [7, 11) is 3.71. The lowest BCUT2D eigenvalue weighted by atomic mass is 10.1. The van der Waals surface area contributed by atoms with Gasteiger partial charge in [0, 0.05) is 24.7 Å². The fourth-order valence-electron chi connectivity index (χ4n) is 1.98. The Bertz CT molecular complexity index is 500. The van der Waals surface area contributed by atoms with Crippen molar-refractivity contribution in [1.29, 1.82) is 0 Å². The second-order valence-corrected chi connectivity index (χ2v) is 3.75. The number of fused-ring (bicyclic) bond motifs is 1. The molecule has 2 aromatic rings. The molecular weight excluding hydrogens is 188 g/mol. The van der Waals surface area contributed by atoms with Crippen LogP contribution in [-0.4, -0.2) is 11.7 Å². The van der Waals surface area contributed by atoms with E-state index < -0.39 is 0 Å². The molecule has 0 aliphatic carbocycles. The number of nitrogens with zero attached hydrogens (tertiary/aromatic N) is 1.